The lowest BCUT2D eigenvalue weighted by Gasteiger charge is -2.40. The molecule has 1 fully saturated rings. The van der Waals surface area contributed by atoms with Gasteiger partial charge in [-0.15, -0.1) is 0 Å². The number of benzene rings is 4. The molecule has 2 aliphatic rings. The van der Waals surface area contributed by atoms with Crippen molar-refractivity contribution < 1.29 is 27.1 Å². The van der Waals surface area contributed by atoms with Gasteiger partial charge in [0, 0.05) is 32.2 Å². The molecule has 43 heavy (non-hydrogen) atoms. The normalized spacial score (nSPS) is 15.3. The minimum absolute atomic E-state index is 0.0333. The zero-order valence-corrected chi connectivity index (χ0v) is 24.3. The van der Waals surface area contributed by atoms with E-state index in [1.165, 1.54) is 47.5 Å². The molecule has 6 rings (SSSR count). The summed E-state index contributed by atoms with van der Waals surface area (Å²) < 4.78 is 53.8. The Kier molecular flexibility index (Phi) is 8.31. The topological polar surface area (TPSA) is 79.4 Å². The van der Waals surface area contributed by atoms with Crippen LogP contribution in [0.25, 0.3) is 0 Å². The summed E-state index contributed by atoms with van der Waals surface area (Å²) in [7, 11) is -4.21. The fourth-order valence-corrected chi connectivity index (χ4v) is 7.00. The van der Waals surface area contributed by atoms with E-state index in [-0.39, 0.29) is 22.5 Å². The Balaban J connectivity index is 1.22. The standard InChI is InChI=1S/C33H32FN3O5S/c34-27-11-13-28(14-12-27)37(43(39,40)29-15-16-30-31(23-29)42-22-21-41-30)24-32(38)35-17-19-36(20-18-35)33(25-7-3-1-4-8-25)26-9-5-2-6-10-26/h1-16,23,33H,17-22,24H2. The van der Waals surface area contributed by atoms with Crippen LogP contribution in [0.3, 0.4) is 0 Å². The first-order valence-electron chi connectivity index (χ1n) is 14.2. The van der Waals surface area contributed by atoms with Gasteiger partial charge in [0.05, 0.1) is 16.6 Å². The lowest BCUT2D eigenvalue weighted by Crippen LogP contribution is -2.52. The number of anilines is 1. The van der Waals surface area contributed by atoms with E-state index in [1.807, 2.05) is 36.4 Å². The highest BCUT2D eigenvalue weighted by Crippen LogP contribution is 2.35. The number of fused-ring (bicyclic) bond motifs is 1. The van der Waals surface area contributed by atoms with E-state index in [4.69, 9.17) is 9.47 Å². The Morgan fingerprint density at radius 3 is 1.95 bits per heavy atom. The monoisotopic (exact) mass is 601 g/mol. The first kappa shape index (κ1) is 28.7. The Morgan fingerprint density at radius 2 is 1.35 bits per heavy atom. The molecule has 0 saturated carbocycles. The van der Waals surface area contributed by atoms with Crippen LogP contribution in [0, 0.1) is 5.82 Å². The third-order valence-corrected chi connectivity index (χ3v) is 9.53. The highest BCUT2D eigenvalue weighted by molar-refractivity contribution is 7.92. The molecule has 1 saturated heterocycles. The Morgan fingerprint density at radius 1 is 0.767 bits per heavy atom. The molecule has 0 unspecified atom stereocenters. The third-order valence-electron chi connectivity index (χ3n) is 7.76. The SMILES string of the molecule is O=C(CN(c1ccc(F)cc1)S(=O)(=O)c1ccc2c(c1)OCCO2)N1CCN(C(c2ccccc2)c2ccccc2)CC1. The number of hydrogen-bond donors (Lipinski definition) is 0. The van der Waals surface area contributed by atoms with Gasteiger partial charge in [-0.1, -0.05) is 60.7 Å². The number of hydrogen-bond acceptors (Lipinski definition) is 6. The summed E-state index contributed by atoms with van der Waals surface area (Å²) in [4.78, 5) is 17.6. The van der Waals surface area contributed by atoms with E-state index in [1.54, 1.807) is 11.0 Å². The van der Waals surface area contributed by atoms with Gasteiger partial charge < -0.3 is 14.4 Å². The first-order valence-corrected chi connectivity index (χ1v) is 15.6. The van der Waals surface area contributed by atoms with Crippen molar-refractivity contribution in [3.05, 3.63) is 120 Å². The lowest BCUT2D eigenvalue weighted by atomic mass is 9.96. The molecule has 0 radical (unpaired) electrons. The average molecular weight is 602 g/mol. The quantitative estimate of drug-likeness (QED) is 0.291. The van der Waals surface area contributed by atoms with Gasteiger partial charge in [-0.05, 0) is 47.5 Å². The molecule has 0 N–H and O–H groups in total. The van der Waals surface area contributed by atoms with Crippen LogP contribution < -0.4 is 13.8 Å². The number of halogens is 1. The van der Waals surface area contributed by atoms with Crippen molar-refractivity contribution in [1.29, 1.82) is 0 Å². The molecule has 0 spiro atoms. The van der Waals surface area contributed by atoms with Crippen LogP contribution in [0.1, 0.15) is 17.2 Å². The van der Waals surface area contributed by atoms with Crippen LogP contribution >= 0.6 is 0 Å². The maximum absolute atomic E-state index is 13.9. The summed E-state index contributed by atoms with van der Waals surface area (Å²) in [6.07, 6.45) is 0. The number of ether oxygens (including phenoxy) is 2. The molecule has 2 aliphatic heterocycles. The molecule has 4 aromatic rings. The van der Waals surface area contributed by atoms with Gasteiger partial charge in [0.25, 0.3) is 10.0 Å². The van der Waals surface area contributed by atoms with Crippen molar-refractivity contribution in [3.8, 4) is 11.5 Å². The predicted molar refractivity (Wildman–Crippen MR) is 161 cm³/mol. The summed E-state index contributed by atoms with van der Waals surface area (Å²) >= 11 is 0. The highest BCUT2D eigenvalue weighted by Gasteiger charge is 2.33. The Hall–Kier alpha value is -4.41. The van der Waals surface area contributed by atoms with Crippen molar-refractivity contribution in [3.63, 3.8) is 0 Å². The molecule has 4 aromatic carbocycles. The fourth-order valence-electron chi connectivity index (χ4n) is 5.57. The van der Waals surface area contributed by atoms with Gasteiger partial charge >= 0.3 is 0 Å². The number of sulfonamides is 1. The fraction of sp³-hybridized carbons (Fsp3) is 0.242. The van der Waals surface area contributed by atoms with Gasteiger partial charge in [0.15, 0.2) is 11.5 Å². The number of rotatable bonds is 8. The van der Waals surface area contributed by atoms with Gasteiger partial charge in [0.2, 0.25) is 5.91 Å². The van der Waals surface area contributed by atoms with Crippen molar-refractivity contribution in [2.45, 2.75) is 10.9 Å². The summed E-state index contributed by atoms with van der Waals surface area (Å²) in [6.45, 7) is 2.37. The zero-order chi connectivity index (χ0) is 29.8. The van der Waals surface area contributed by atoms with Crippen LogP contribution in [-0.4, -0.2) is 70.1 Å². The van der Waals surface area contributed by atoms with Crippen LogP contribution in [0.5, 0.6) is 11.5 Å². The van der Waals surface area contributed by atoms with E-state index in [0.29, 0.717) is 50.9 Å². The number of piperazine rings is 1. The Labute approximate surface area is 250 Å². The lowest BCUT2D eigenvalue weighted by molar-refractivity contribution is -0.131. The summed E-state index contributed by atoms with van der Waals surface area (Å²) in [6, 6.07) is 30.0. The minimum Gasteiger partial charge on any atom is -0.486 e. The van der Waals surface area contributed by atoms with E-state index in [0.717, 1.165) is 4.31 Å². The smallest absolute Gasteiger partial charge is 0.264 e. The summed E-state index contributed by atoms with van der Waals surface area (Å²) in [5.41, 5.74) is 2.53. The molecule has 8 nitrogen and oxygen atoms in total. The molecule has 0 aromatic heterocycles. The third kappa shape index (κ3) is 6.21. The molecule has 0 atom stereocenters. The molecule has 0 aliphatic carbocycles. The van der Waals surface area contributed by atoms with Crippen LogP contribution in [0.15, 0.2) is 108 Å². The number of carbonyl (C=O) groups excluding carboxylic acids is 1. The van der Waals surface area contributed by atoms with Crippen LogP contribution in [0.4, 0.5) is 10.1 Å². The van der Waals surface area contributed by atoms with Crippen molar-refractivity contribution in [2.75, 3.05) is 50.2 Å². The highest BCUT2D eigenvalue weighted by atomic mass is 32.2. The van der Waals surface area contributed by atoms with E-state index >= 15 is 0 Å². The molecule has 2 heterocycles. The van der Waals surface area contributed by atoms with Gasteiger partial charge in [-0.3, -0.25) is 14.0 Å². The van der Waals surface area contributed by atoms with Crippen molar-refractivity contribution >= 4 is 21.6 Å². The number of nitrogens with zero attached hydrogens (tertiary/aromatic N) is 3. The van der Waals surface area contributed by atoms with E-state index in [2.05, 4.69) is 29.2 Å². The van der Waals surface area contributed by atoms with Crippen molar-refractivity contribution in [1.82, 2.24) is 9.80 Å². The number of amides is 1. The van der Waals surface area contributed by atoms with E-state index in [9.17, 15) is 17.6 Å². The molecular formula is C33H32FN3O5S. The van der Waals surface area contributed by atoms with Gasteiger partial charge in [-0.2, -0.15) is 0 Å². The molecular weight excluding hydrogens is 569 g/mol. The van der Waals surface area contributed by atoms with E-state index < -0.39 is 22.4 Å². The molecule has 1 amide bonds. The maximum atomic E-state index is 13.9. The van der Waals surface area contributed by atoms with Crippen LogP contribution in [0.2, 0.25) is 0 Å². The second-order valence-corrected chi connectivity index (χ2v) is 12.3. The largest absolute Gasteiger partial charge is 0.486 e. The summed E-state index contributed by atoms with van der Waals surface area (Å²) in [5, 5.41) is 0. The number of carbonyl (C=O) groups is 1. The second kappa shape index (κ2) is 12.4. The Bertz CT molecular complexity index is 1620. The molecule has 10 heteroatoms. The first-order chi connectivity index (χ1) is 20.9. The van der Waals surface area contributed by atoms with Gasteiger partial charge in [0.1, 0.15) is 25.6 Å². The molecule has 222 valence electrons. The van der Waals surface area contributed by atoms with Gasteiger partial charge in [-0.25, -0.2) is 12.8 Å². The average Bonchev–Trinajstić information content (AvgIpc) is 3.05. The van der Waals surface area contributed by atoms with Crippen LogP contribution in [-0.2, 0) is 14.8 Å². The maximum Gasteiger partial charge on any atom is 0.264 e. The predicted octanol–water partition coefficient (Wildman–Crippen LogP) is 4.73. The minimum atomic E-state index is -4.21. The summed E-state index contributed by atoms with van der Waals surface area (Å²) in [5.74, 6) is -0.0627. The zero-order valence-electron chi connectivity index (χ0n) is 23.5. The second-order valence-electron chi connectivity index (χ2n) is 10.4. The molecule has 0 bridgehead atoms. The van der Waals surface area contributed by atoms with Crippen molar-refractivity contribution in [2.24, 2.45) is 0 Å².